The lowest BCUT2D eigenvalue weighted by Crippen LogP contribution is -2.11. The van der Waals surface area contributed by atoms with Crippen LogP contribution in [-0.2, 0) is 10.0 Å². The van der Waals surface area contributed by atoms with Crippen LogP contribution in [0, 0.1) is 10.5 Å². The van der Waals surface area contributed by atoms with Crippen LogP contribution in [0.5, 0.6) is 0 Å². The van der Waals surface area contributed by atoms with Crippen LogP contribution in [0.25, 0.3) is 0 Å². The first kappa shape index (κ1) is 14.0. The summed E-state index contributed by atoms with van der Waals surface area (Å²) in [6, 6.07) is 5.11. The van der Waals surface area contributed by atoms with Crippen LogP contribution in [0.15, 0.2) is 28.6 Å². The van der Waals surface area contributed by atoms with Gasteiger partial charge in [-0.15, -0.1) is 11.3 Å². The van der Waals surface area contributed by atoms with Crippen LogP contribution in [0.2, 0.25) is 5.02 Å². The van der Waals surface area contributed by atoms with E-state index in [4.69, 9.17) is 11.6 Å². The predicted octanol–water partition coefficient (Wildman–Crippen LogP) is 3.51. The van der Waals surface area contributed by atoms with E-state index >= 15 is 0 Å². The number of rotatable bonds is 3. The molecule has 2 rings (SSSR count). The van der Waals surface area contributed by atoms with Crippen molar-refractivity contribution in [2.24, 2.45) is 0 Å². The molecule has 8 heteroatoms. The fourth-order valence-corrected chi connectivity index (χ4v) is 4.38. The molecule has 0 radical (unpaired) electrons. The van der Waals surface area contributed by atoms with Gasteiger partial charge < -0.3 is 0 Å². The Kier molecular flexibility index (Phi) is 4.15. The molecule has 0 amide bonds. The van der Waals surface area contributed by atoms with Gasteiger partial charge in [0.05, 0.1) is 21.9 Å². The van der Waals surface area contributed by atoms with Gasteiger partial charge in [0, 0.05) is 3.57 Å². The first-order valence-corrected chi connectivity index (χ1v) is 8.54. The van der Waals surface area contributed by atoms with Gasteiger partial charge in [-0.3, -0.25) is 4.72 Å². The first-order valence-electron chi connectivity index (χ1n) is 4.79. The average molecular weight is 415 g/mol. The monoisotopic (exact) mass is 414 g/mol. The molecule has 0 unspecified atom stereocenters. The SMILES string of the molecule is Cc1ncc(S(=O)(=O)Nc2ccc(I)cc2Cl)s1. The van der Waals surface area contributed by atoms with E-state index in [-0.39, 0.29) is 4.21 Å². The Hall–Kier alpha value is -0.380. The highest BCUT2D eigenvalue weighted by atomic mass is 127. The lowest BCUT2D eigenvalue weighted by Gasteiger charge is -2.07. The molecule has 0 aliphatic carbocycles. The molecule has 4 nitrogen and oxygen atoms in total. The number of sulfonamides is 1. The molecule has 0 bridgehead atoms. The Balaban J connectivity index is 2.33. The van der Waals surface area contributed by atoms with Crippen molar-refractivity contribution in [3.05, 3.63) is 38.0 Å². The molecule has 2 aromatic rings. The Morgan fingerprint density at radius 2 is 2.17 bits per heavy atom. The second-order valence-electron chi connectivity index (χ2n) is 3.43. The van der Waals surface area contributed by atoms with Crippen LogP contribution < -0.4 is 4.72 Å². The highest BCUT2D eigenvalue weighted by Gasteiger charge is 2.18. The number of nitrogens with zero attached hydrogens (tertiary/aromatic N) is 1. The number of thiazole rings is 1. The number of benzene rings is 1. The number of aromatic nitrogens is 1. The zero-order valence-electron chi connectivity index (χ0n) is 9.15. The van der Waals surface area contributed by atoms with Crippen molar-refractivity contribution >= 4 is 61.2 Å². The molecule has 0 atom stereocenters. The van der Waals surface area contributed by atoms with Gasteiger partial charge in [0.25, 0.3) is 10.0 Å². The van der Waals surface area contributed by atoms with Crippen LogP contribution in [0.3, 0.4) is 0 Å². The van der Waals surface area contributed by atoms with E-state index in [1.807, 2.05) is 0 Å². The van der Waals surface area contributed by atoms with E-state index in [0.29, 0.717) is 15.7 Å². The maximum Gasteiger partial charge on any atom is 0.273 e. The van der Waals surface area contributed by atoms with Gasteiger partial charge in [0.1, 0.15) is 0 Å². The number of hydrogen-bond acceptors (Lipinski definition) is 4. The number of anilines is 1. The zero-order chi connectivity index (χ0) is 13.3. The molecule has 1 aromatic heterocycles. The van der Waals surface area contributed by atoms with Crippen LogP contribution in [0.1, 0.15) is 5.01 Å². The Morgan fingerprint density at radius 1 is 1.44 bits per heavy atom. The summed E-state index contributed by atoms with van der Waals surface area (Å²) in [6.45, 7) is 1.75. The molecule has 1 aromatic carbocycles. The summed E-state index contributed by atoms with van der Waals surface area (Å²) in [4.78, 5) is 3.93. The molecule has 0 saturated heterocycles. The van der Waals surface area contributed by atoms with Gasteiger partial charge in [-0.05, 0) is 47.7 Å². The lowest BCUT2D eigenvalue weighted by molar-refractivity contribution is 0.603. The summed E-state index contributed by atoms with van der Waals surface area (Å²) in [5.74, 6) is 0. The maximum atomic E-state index is 12.1. The zero-order valence-corrected chi connectivity index (χ0v) is 13.7. The van der Waals surface area contributed by atoms with Crippen LogP contribution in [-0.4, -0.2) is 13.4 Å². The molecular weight excluding hydrogens is 407 g/mol. The minimum absolute atomic E-state index is 0.176. The molecule has 0 aliphatic rings. The lowest BCUT2D eigenvalue weighted by atomic mass is 10.3. The van der Waals surface area contributed by atoms with Crippen molar-refractivity contribution in [3.8, 4) is 0 Å². The first-order chi connectivity index (χ1) is 8.38. The van der Waals surface area contributed by atoms with E-state index < -0.39 is 10.0 Å². The van der Waals surface area contributed by atoms with Crippen molar-refractivity contribution in [2.45, 2.75) is 11.1 Å². The van der Waals surface area contributed by atoms with Crippen molar-refractivity contribution in [1.82, 2.24) is 4.98 Å². The molecule has 1 heterocycles. The van der Waals surface area contributed by atoms with Gasteiger partial charge in [0.2, 0.25) is 0 Å². The Morgan fingerprint density at radius 3 is 2.72 bits per heavy atom. The number of aryl methyl sites for hydroxylation is 1. The van der Waals surface area contributed by atoms with E-state index in [9.17, 15) is 8.42 Å². The summed E-state index contributed by atoms with van der Waals surface area (Å²) >= 11 is 9.21. The van der Waals surface area contributed by atoms with E-state index in [1.165, 1.54) is 6.20 Å². The molecule has 0 spiro atoms. The molecule has 96 valence electrons. The minimum Gasteiger partial charge on any atom is -0.277 e. The highest BCUT2D eigenvalue weighted by molar-refractivity contribution is 14.1. The number of hydrogen-bond donors (Lipinski definition) is 1. The third-order valence-corrected chi connectivity index (χ3v) is 5.76. The van der Waals surface area contributed by atoms with Crippen molar-refractivity contribution in [1.29, 1.82) is 0 Å². The van der Waals surface area contributed by atoms with Crippen molar-refractivity contribution in [2.75, 3.05) is 4.72 Å². The standard InChI is InChI=1S/C10H8ClIN2O2S2/c1-6-13-5-10(17-6)18(15,16)14-9-3-2-7(12)4-8(9)11/h2-5,14H,1H3. The summed E-state index contributed by atoms with van der Waals surface area (Å²) in [5.41, 5.74) is 0.364. The molecule has 18 heavy (non-hydrogen) atoms. The summed E-state index contributed by atoms with van der Waals surface area (Å²) in [5, 5.41) is 1.07. The molecule has 0 aliphatic heterocycles. The predicted molar refractivity (Wildman–Crippen MR) is 81.8 cm³/mol. The molecule has 0 saturated carbocycles. The fraction of sp³-hybridized carbons (Fsp3) is 0.100. The number of nitrogens with one attached hydrogen (secondary N) is 1. The Labute approximate surface area is 128 Å². The Bertz CT molecular complexity index is 685. The largest absolute Gasteiger partial charge is 0.277 e. The van der Waals surface area contributed by atoms with Crippen LogP contribution in [0.4, 0.5) is 5.69 Å². The smallest absolute Gasteiger partial charge is 0.273 e. The van der Waals surface area contributed by atoms with E-state index in [0.717, 1.165) is 14.9 Å². The highest BCUT2D eigenvalue weighted by Crippen LogP contribution is 2.27. The summed E-state index contributed by atoms with van der Waals surface area (Å²) in [6.07, 6.45) is 1.34. The fourth-order valence-electron chi connectivity index (χ4n) is 1.23. The van der Waals surface area contributed by atoms with Gasteiger partial charge in [0.15, 0.2) is 4.21 Å². The van der Waals surface area contributed by atoms with Gasteiger partial charge in [-0.2, -0.15) is 0 Å². The maximum absolute atomic E-state index is 12.1. The number of halogens is 2. The van der Waals surface area contributed by atoms with Crippen molar-refractivity contribution < 1.29 is 8.42 Å². The molecular formula is C10H8ClIN2O2S2. The van der Waals surface area contributed by atoms with Gasteiger partial charge in [-0.25, -0.2) is 13.4 Å². The summed E-state index contributed by atoms with van der Waals surface area (Å²) in [7, 11) is -3.61. The third kappa shape index (κ3) is 3.14. The van der Waals surface area contributed by atoms with Gasteiger partial charge >= 0.3 is 0 Å². The second-order valence-corrected chi connectivity index (χ2v) is 8.22. The third-order valence-electron chi connectivity index (χ3n) is 2.04. The second kappa shape index (κ2) is 5.32. The quantitative estimate of drug-likeness (QED) is 0.782. The molecule has 1 N–H and O–H groups in total. The summed E-state index contributed by atoms with van der Waals surface area (Å²) < 4.78 is 27.7. The van der Waals surface area contributed by atoms with E-state index in [1.54, 1.807) is 25.1 Å². The van der Waals surface area contributed by atoms with E-state index in [2.05, 4.69) is 32.3 Å². The minimum atomic E-state index is -3.61. The molecule has 0 fully saturated rings. The normalized spacial score (nSPS) is 11.5. The van der Waals surface area contributed by atoms with Crippen LogP contribution >= 0.6 is 45.5 Å². The van der Waals surface area contributed by atoms with Gasteiger partial charge in [-0.1, -0.05) is 11.6 Å². The average Bonchev–Trinajstić information content (AvgIpc) is 2.70. The topological polar surface area (TPSA) is 59.1 Å². The van der Waals surface area contributed by atoms with Crippen molar-refractivity contribution in [3.63, 3.8) is 0 Å².